The van der Waals surface area contributed by atoms with Crippen LogP contribution in [-0.4, -0.2) is 38.0 Å². The van der Waals surface area contributed by atoms with E-state index in [1.165, 1.54) is 6.92 Å². The van der Waals surface area contributed by atoms with Gasteiger partial charge in [0.25, 0.3) is 5.56 Å². The summed E-state index contributed by atoms with van der Waals surface area (Å²) in [6.07, 6.45) is 0. The van der Waals surface area contributed by atoms with Crippen LogP contribution in [0.25, 0.3) is 10.9 Å². The second-order valence-corrected chi connectivity index (χ2v) is 5.60. The third-order valence-corrected chi connectivity index (χ3v) is 3.57. The maximum Gasteiger partial charge on any atom is 0.326 e. The van der Waals surface area contributed by atoms with Crippen LogP contribution in [0.4, 0.5) is 0 Å². The van der Waals surface area contributed by atoms with Gasteiger partial charge >= 0.3 is 5.97 Å². The zero-order valence-electron chi connectivity index (χ0n) is 13.1. The second kappa shape index (κ2) is 6.55. The molecule has 0 unspecified atom stereocenters. The van der Waals surface area contributed by atoms with Crippen molar-refractivity contribution < 1.29 is 14.7 Å². The van der Waals surface area contributed by atoms with E-state index in [1.807, 2.05) is 0 Å². The molecule has 2 N–H and O–H groups in total. The van der Waals surface area contributed by atoms with Crippen molar-refractivity contribution in [3.05, 3.63) is 34.6 Å². The molecule has 1 aromatic heterocycles. The molecular weight excluding hydrogens is 300 g/mol. The summed E-state index contributed by atoms with van der Waals surface area (Å²) >= 11 is 0. The Hall–Kier alpha value is -2.77. The van der Waals surface area contributed by atoms with Gasteiger partial charge in [-0.05, 0) is 25.0 Å². The number of nitrogens with one attached hydrogen (secondary N) is 1. The Morgan fingerprint density at radius 3 is 2.48 bits per heavy atom. The van der Waals surface area contributed by atoms with Crippen LogP contribution >= 0.6 is 0 Å². The number of aliphatic carboxylic acids is 1. The molecule has 0 fully saturated rings. The van der Waals surface area contributed by atoms with Gasteiger partial charge in [0.2, 0.25) is 5.91 Å². The van der Waals surface area contributed by atoms with Crippen LogP contribution < -0.4 is 10.9 Å². The Labute approximate surface area is 132 Å². The first kappa shape index (κ1) is 16.6. The van der Waals surface area contributed by atoms with Crippen molar-refractivity contribution in [1.82, 2.24) is 20.3 Å². The summed E-state index contributed by atoms with van der Waals surface area (Å²) in [5.74, 6) is -2.02. The van der Waals surface area contributed by atoms with Crippen molar-refractivity contribution in [2.45, 2.75) is 32.9 Å². The topological polar surface area (TPSA) is 114 Å². The van der Waals surface area contributed by atoms with E-state index in [2.05, 4.69) is 15.6 Å². The fraction of sp³-hybridized carbons (Fsp3) is 0.400. The Morgan fingerprint density at radius 1 is 1.22 bits per heavy atom. The van der Waals surface area contributed by atoms with Gasteiger partial charge in [0.05, 0.1) is 5.39 Å². The van der Waals surface area contributed by atoms with Crippen LogP contribution in [0.1, 0.15) is 26.8 Å². The van der Waals surface area contributed by atoms with Gasteiger partial charge in [-0.25, -0.2) is 4.79 Å². The number of carboxylic acids is 1. The molecule has 0 radical (unpaired) electrons. The largest absolute Gasteiger partial charge is 0.480 e. The van der Waals surface area contributed by atoms with Gasteiger partial charge in [0.15, 0.2) is 0 Å². The molecule has 1 aromatic carbocycles. The average molecular weight is 318 g/mol. The molecule has 0 saturated heterocycles. The molecule has 1 heterocycles. The summed E-state index contributed by atoms with van der Waals surface area (Å²) in [6, 6.07) is 4.67. The maximum absolute atomic E-state index is 12.4. The molecule has 0 bridgehead atoms. The fourth-order valence-electron chi connectivity index (χ4n) is 2.15. The van der Waals surface area contributed by atoms with E-state index in [0.29, 0.717) is 10.9 Å². The number of benzene rings is 1. The lowest BCUT2D eigenvalue weighted by molar-refractivity contribution is -0.143. The Kier molecular flexibility index (Phi) is 4.73. The normalized spacial score (nSPS) is 13.7. The minimum absolute atomic E-state index is 0.289. The molecule has 2 aromatic rings. The number of fused-ring (bicyclic) bond motifs is 1. The van der Waals surface area contributed by atoms with Crippen molar-refractivity contribution in [2.24, 2.45) is 5.92 Å². The molecule has 2 atom stereocenters. The quantitative estimate of drug-likeness (QED) is 0.833. The lowest BCUT2D eigenvalue weighted by Gasteiger charge is -2.20. The molecule has 0 aliphatic heterocycles. The lowest BCUT2D eigenvalue weighted by atomic mass is 10.0. The number of carboxylic acid groups (broad SMARTS) is 1. The zero-order valence-corrected chi connectivity index (χ0v) is 13.1. The highest BCUT2D eigenvalue weighted by molar-refractivity contribution is 5.86. The standard InChI is InChI=1S/C15H18N4O4/c1-8(2)12(15(22)23)16-13(20)9(3)19-14(21)10-6-4-5-7-11(10)17-18-19/h4-9,12H,1-3H3,(H,16,20)(H,22,23)/t9-,12-/m1/s1. The first-order valence-electron chi connectivity index (χ1n) is 7.20. The summed E-state index contributed by atoms with van der Waals surface area (Å²) in [5.41, 5.74) is -0.0124. The molecule has 2 rings (SSSR count). The number of hydrogen-bond donors (Lipinski definition) is 2. The summed E-state index contributed by atoms with van der Waals surface area (Å²) < 4.78 is 0.955. The van der Waals surface area contributed by atoms with E-state index in [1.54, 1.807) is 38.1 Å². The van der Waals surface area contributed by atoms with Crippen LogP contribution in [0.2, 0.25) is 0 Å². The first-order chi connectivity index (χ1) is 10.8. The van der Waals surface area contributed by atoms with Gasteiger partial charge in [-0.3, -0.25) is 9.59 Å². The van der Waals surface area contributed by atoms with E-state index in [9.17, 15) is 14.4 Å². The molecular formula is C15H18N4O4. The van der Waals surface area contributed by atoms with E-state index in [4.69, 9.17) is 5.11 Å². The average Bonchev–Trinajstić information content (AvgIpc) is 2.51. The molecule has 0 spiro atoms. The van der Waals surface area contributed by atoms with Gasteiger partial charge in [0, 0.05) is 0 Å². The third-order valence-electron chi connectivity index (χ3n) is 3.57. The number of rotatable bonds is 5. The van der Waals surface area contributed by atoms with E-state index < -0.39 is 29.5 Å². The summed E-state index contributed by atoms with van der Waals surface area (Å²) in [7, 11) is 0. The van der Waals surface area contributed by atoms with Gasteiger partial charge < -0.3 is 10.4 Å². The Morgan fingerprint density at radius 2 is 1.87 bits per heavy atom. The van der Waals surface area contributed by atoms with Crippen LogP contribution in [0, 0.1) is 5.92 Å². The number of aromatic nitrogens is 3. The van der Waals surface area contributed by atoms with Gasteiger partial charge in [-0.1, -0.05) is 31.2 Å². The molecule has 1 amide bonds. The number of nitrogens with zero attached hydrogens (tertiary/aromatic N) is 3. The highest BCUT2D eigenvalue weighted by Crippen LogP contribution is 2.08. The summed E-state index contributed by atoms with van der Waals surface area (Å²) in [6.45, 7) is 4.84. The van der Waals surface area contributed by atoms with Crippen molar-refractivity contribution in [3.8, 4) is 0 Å². The lowest BCUT2D eigenvalue weighted by Crippen LogP contribution is -2.48. The minimum atomic E-state index is -1.13. The second-order valence-electron chi connectivity index (χ2n) is 5.60. The van der Waals surface area contributed by atoms with Crippen LogP contribution in [0.15, 0.2) is 29.1 Å². The SMILES string of the molecule is CC(C)[C@@H](NC(=O)[C@@H](C)n1nnc2ccccc2c1=O)C(=O)O. The smallest absolute Gasteiger partial charge is 0.326 e. The summed E-state index contributed by atoms with van der Waals surface area (Å²) in [4.78, 5) is 35.8. The van der Waals surface area contributed by atoms with Crippen molar-refractivity contribution in [3.63, 3.8) is 0 Å². The van der Waals surface area contributed by atoms with Crippen LogP contribution in [-0.2, 0) is 9.59 Å². The van der Waals surface area contributed by atoms with Crippen molar-refractivity contribution in [1.29, 1.82) is 0 Å². The highest BCUT2D eigenvalue weighted by Gasteiger charge is 2.27. The molecule has 8 heteroatoms. The van der Waals surface area contributed by atoms with Crippen molar-refractivity contribution >= 4 is 22.8 Å². The van der Waals surface area contributed by atoms with Crippen molar-refractivity contribution in [2.75, 3.05) is 0 Å². The molecule has 0 aliphatic carbocycles. The highest BCUT2D eigenvalue weighted by atomic mass is 16.4. The number of amides is 1. The summed E-state index contributed by atoms with van der Waals surface area (Å²) in [5, 5.41) is 19.6. The predicted octanol–water partition coefficient (Wildman–Crippen LogP) is 0.578. The number of hydrogen-bond acceptors (Lipinski definition) is 5. The number of carbonyl (C=O) groups excluding carboxylic acids is 1. The number of carbonyl (C=O) groups is 2. The molecule has 8 nitrogen and oxygen atoms in total. The molecule has 23 heavy (non-hydrogen) atoms. The van der Waals surface area contributed by atoms with Gasteiger partial charge in [-0.2, -0.15) is 4.68 Å². The Balaban J connectivity index is 2.31. The van der Waals surface area contributed by atoms with E-state index in [0.717, 1.165) is 4.68 Å². The zero-order chi connectivity index (χ0) is 17.1. The maximum atomic E-state index is 12.4. The third kappa shape index (κ3) is 3.36. The predicted molar refractivity (Wildman–Crippen MR) is 82.9 cm³/mol. The minimum Gasteiger partial charge on any atom is -0.480 e. The van der Waals surface area contributed by atoms with Gasteiger partial charge in [-0.15, -0.1) is 5.10 Å². The van der Waals surface area contributed by atoms with E-state index in [-0.39, 0.29) is 5.92 Å². The monoisotopic (exact) mass is 318 g/mol. The Bertz CT molecular complexity index is 799. The first-order valence-corrected chi connectivity index (χ1v) is 7.20. The van der Waals surface area contributed by atoms with Gasteiger partial charge in [0.1, 0.15) is 17.6 Å². The molecule has 122 valence electrons. The van der Waals surface area contributed by atoms with E-state index >= 15 is 0 Å². The van der Waals surface area contributed by atoms with Crippen LogP contribution in [0.5, 0.6) is 0 Å². The molecule has 0 saturated carbocycles. The molecule has 0 aliphatic rings. The fourth-order valence-corrected chi connectivity index (χ4v) is 2.15. The van der Waals surface area contributed by atoms with Crippen LogP contribution in [0.3, 0.4) is 0 Å².